The molecular weight excluding hydrogens is 472 g/mol. The van der Waals surface area contributed by atoms with Gasteiger partial charge in [-0.05, 0) is 60.1 Å². The van der Waals surface area contributed by atoms with Crippen LogP contribution in [0.15, 0.2) is 51.4 Å². The standard InChI is InChI=1S/C11H13BrO2.C11H11BrO/c1-8(7-11(13)14)6-9-2-4-10(12)5-3-9;1-7-4-8-2-3-9(12)6-10(8)11(13)5-7/h2-5,8H,6-7H2,1H3,(H,13,14);2-3,6-7H,4-5H2,1H3. The Hall–Kier alpha value is -1.46. The molecule has 0 aromatic heterocycles. The van der Waals surface area contributed by atoms with Crippen molar-refractivity contribution >= 4 is 43.6 Å². The van der Waals surface area contributed by atoms with E-state index >= 15 is 0 Å². The Kier molecular flexibility index (Phi) is 8.24. The number of carboxylic acid groups (broad SMARTS) is 1. The average molecular weight is 496 g/mol. The van der Waals surface area contributed by atoms with E-state index in [9.17, 15) is 9.59 Å². The third-order valence-electron chi connectivity index (χ3n) is 4.50. The van der Waals surface area contributed by atoms with Gasteiger partial charge in [0.2, 0.25) is 0 Å². The number of rotatable bonds is 4. The summed E-state index contributed by atoms with van der Waals surface area (Å²) in [5, 5.41) is 8.60. The molecule has 2 aromatic rings. The van der Waals surface area contributed by atoms with E-state index in [1.807, 2.05) is 49.4 Å². The van der Waals surface area contributed by atoms with E-state index in [0.717, 1.165) is 27.4 Å². The molecular formula is C22H24Br2O3. The van der Waals surface area contributed by atoms with Gasteiger partial charge in [-0.3, -0.25) is 9.59 Å². The van der Waals surface area contributed by atoms with Crippen LogP contribution in [0.3, 0.4) is 0 Å². The molecule has 1 aliphatic carbocycles. The first-order valence-electron chi connectivity index (χ1n) is 9.02. The zero-order valence-electron chi connectivity index (χ0n) is 15.5. The maximum atomic E-state index is 11.6. The number of fused-ring (bicyclic) bond motifs is 1. The van der Waals surface area contributed by atoms with E-state index in [-0.39, 0.29) is 18.1 Å². The molecule has 0 fully saturated rings. The SMILES string of the molecule is CC(CC(=O)O)Cc1ccc(Br)cc1.CC1CC(=O)c2cc(Br)ccc2C1. The topological polar surface area (TPSA) is 54.4 Å². The fourth-order valence-corrected chi connectivity index (χ4v) is 3.88. The minimum atomic E-state index is -0.727. The summed E-state index contributed by atoms with van der Waals surface area (Å²) >= 11 is 6.74. The Morgan fingerprint density at radius 3 is 2.37 bits per heavy atom. The molecule has 1 N–H and O–H groups in total. The molecule has 0 heterocycles. The maximum Gasteiger partial charge on any atom is 0.303 e. The molecule has 27 heavy (non-hydrogen) atoms. The number of ketones is 1. The number of carbonyl (C=O) groups is 2. The lowest BCUT2D eigenvalue weighted by Crippen LogP contribution is -2.17. The quantitative estimate of drug-likeness (QED) is 0.540. The molecule has 0 saturated carbocycles. The lowest BCUT2D eigenvalue weighted by Gasteiger charge is -2.20. The lowest BCUT2D eigenvalue weighted by atomic mass is 9.84. The first-order valence-corrected chi connectivity index (χ1v) is 10.6. The fourth-order valence-electron chi connectivity index (χ4n) is 3.25. The van der Waals surface area contributed by atoms with Gasteiger partial charge in [-0.1, -0.05) is 63.9 Å². The van der Waals surface area contributed by atoms with Gasteiger partial charge >= 0.3 is 5.97 Å². The highest BCUT2D eigenvalue weighted by Gasteiger charge is 2.21. The molecule has 0 saturated heterocycles. The van der Waals surface area contributed by atoms with Gasteiger partial charge in [0.1, 0.15) is 0 Å². The number of hydrogen-bond acceptors (Lipinski definition) is 2. The Labute approximate surface area is 177 Å². The first kappa shape index (κ1) is 21.8. The van der Waals surface area contributed by atoms with Gasteiger partial charge in [0.25, 0.3) is 0 Å². The zero-order chi connectivity index (χ0) is 20.0. The Bertz CT molecular complexity index is 800. The summed E-state index contributed by atoms with van der Waals surface area (Å²) in [4.78, 5) is 22.1. The molecule has 0 amide bonds. The van der Waals surface area contributed by atoms with Crippen LogP contribution in [-0.2, 0) is 17.6 Å². The van der Waals surface area contributed by atoms with Crippen LogP contribution in [-0.4, -0.2) is 16.9 Å². The van der Waals surface area contributed by atoms with Gasteiger partial charge in [0, 0.05) is 27.4 Å². The van der Waals surface area contributed by atoms with Crippen molar-refractivity contribution in [3.05, 3.63) is 68.1 Å². The van der Waals surface area contributed by atoms with Crippen molar-refractivity contribution in [3.63, 3.8) is 0 Å². The van der Waals surface area contributed by atoms with Crippen molar-refractivity contribution in [1.82, 2.24) is 0 Å². The summed E-state index contributed by atoms with van der Waals surface area (Å²) in [6.07, 6.45) is 2.79. The Balaban J connectivity index is 0.000000194. The molecule has 144 valence electrons. The second-order valence-corrected chi connectivity index (χ2v) is 9.10. The molecule has 5 heteroatoms. The second-order valence-electron chi connectivity index (χ2n) is 7.27. The molecule has 3 rings (SSSR count). The van der Waals surface area contributed by atoms with Crippen LogP contribution in [0.1, 0.15) is 48.2 Å². The van der Waals surface area contributed by atoms with E-state index in [2.05, 4.69) is 38.8 Å². The molecule has 2 aromatic carbocycles. The highest BCUT2D eigenvalue weighted by molar-refractivity contribution is 9.10. The van der Waals surface area contributed by atoms with Crippen LogP contribution in [0, 0.1) is 11.8 Å². The molecule has 0 spiro atoms. The number of halogens is 2. The van der Waals surface area contributed by atoms with Gasteiger partial charge in [-0.2, -0.15) is 0 Å². The average Bonchev–Trinajstić information content (AvgIpc) is 2.57. The number of Topliss-reactive ketones (excluding diaryl/α,β-unsaturated/α-hetero) is 1. The van der Waals surface area contributed by atoms with Gasteiger partial charge in [-0.25, -0.2) is 0 Å². The van der Waals surface area contributed by atoms with Crippen molar-refractivity contribution in [1.29, 1.82) is 0 Å². The van der Waals surface area contributed by atoms with Crippen LogP contribution >= 0.6 is 31.9 Å². The number of benzene rings is 2. The predicted molar refractivity (Wildman–Crippen MR) is 115 cm³/mol. The van der Waals surface area contributed by atoms with Crippen molar-refractivity contribution in [2.24, 2.45) is 11.8 Å². The minimum Gasteiger partial charge on any atom is -0.481 e. The number of hydrogen-bond donors (Lipinski definition) is 1. The molecule has 1 aliphatic rings. The lowest BCUT2D eigenvalue weighted by molar-refractivity contribution is -0.137. The van der Waals surface area contributed by atoms with Gasteiger partial charge in [0.05, 0.1) is 0 Å². The van der Waals surface area contributed by atoms with Crippen LogP contribution in [0.4, 0.5) is 0 Å². The van der Waals surface area contributed by atoms with Gasteiger partial charge in [-0.15, -0.1) is 0 Å². The zero-order valence-corrected chi connectivity index (χ0v) is 18.7. The van der Waals surface area contributed by atoms with E-state index in [0.29, 0.717) is 12.3 Å². The molecule has 0 bridgehead atoms. The third-order valence-corrected chi connectivity index (χ3v) is 5.52. The molecule has 3 nitrogen and oxygen atoms in total. The van der Waals surface area contributed by atoms with Crippen LogP contribution in [0.5, 0.6) is 0 Å². The normalized spacial score (nSPS) is 16.7. The first-order chi connectivity index (χ1) is 12.7. The second kappa shape index (κ2) is 10.2. The van der Waals surface area contributed by atoms with Crippen molar-refractivity contribution in [2.75, 3.05) is 0 Å². The van der Waals surface area contributed by atoms with Gasteiger partial charge in [0.15, 0.2) is 5.78 Å². The van der Waals surface area contributed by atoms with Crippen LogP contribution < -0.4 is 0 Å². The summed E-state index contributed by atoms with van der Waals surface area (Å²) < 4.78 is 2.04. The smallest absolute Gasteiger partial charge is 0.303 e. The van der Waals surface area contributed by atoms with E-state index < -0.39 is 5.97 Å². The molecule has 0 radical (unpaired) electrons. The molecule has 2 atom stereocenters. The third kappa shape index (κ3) is 7.23. The number of carboxylic acids is 1. The predicted octanol–water partition coefficient (Wildman–Crippen LogP) is 6.32. The summed E-state index contributed by atoms with van der Waals surface area (Å²) in [6.45, 7) is 4.08. The molecule has 2 unspecified atom stereocenters. The van der Waals surface area contributed by atoms with E-state index in [1.54, 1.807) is 0 Å². The van der Waals surface area contributed by atoms with Crippen molar-refractivity contribution in [3.8, 4) is 0 Å². The highest BCUT2D eigenvalue weighted by Crippen LogP contribution is 2.27. The summed E-state index contributed by atoms with van der Waals surface area (Å²) in [5.74, 6) is 0.250. The van der Waals surface area contributed by atoms with Gasteiger partial charge < -0.3 is 5.11 Å². The van der Waals surface area contributed by atoms with Crippen LogP contribution in [0.25, 0.3) is 0 Å². The van der Waals surface area contributed by atoms with Crippen molar-refractivity contribution < 1.29 is 14.7 Å². The minimum absolute atomic E-state index is 0.189. The van der Waals surface area contributed by atoms with E-state index in [1.165, 1.54) is 11.1 Å². The van der Waals surface area contributed by atoms with E-state index in [4.69, 9.17) is 5.11 Å². The maximum absolute atomic E-state index is 11.6. The number of carbonyl (C=O) groups excluding carboxylic acids is 1. The summed E-state index contributed by atoms with van der Waals surface area (Å²) in [7, 11) is 0. The number of aliphatic carboxylic acids is 1. The Morgan fingerprint density at radius 2 is 1.74 bits per heavy atom. The monoisotopic (exact) mass is 494 g/mol. The highest BCUT2D eigenvalue weighted by atomic mass is 79.9. The summed E-state index contributed by atoms with van der Waals surface area (Å²) in [6, 6.07) is 14.0. The van der Waals surface area contributed by atoms with Crippen LogP contribution in [0.2, 0.25) is 0 Å². The molecule has 0 aliphatic heterocycles. The summed E-state index contributed by atoms with van der Waals surface area (Å²) in [5.41, 5.74) is 3.29. The largest absolute Gasteiger partial charge is 0.481 e. The Morgan fingerprint density at radius 1 is 1.11 bits per heavy atom. The fraction of sp³-hybridized carbons (Fsp3) is 0.364. The van der Waals surface area contributed by atoms with Crippen molar-refractivity contribution in [2.45, 2.75) is 39.5 Å².